The zero-order valence-corrected chi connectivity index (χ0v) is 5.48. The van der Waals surface area contributed by atoms with Crippen LogP contribution in [0.25, 0.3) is 0 Å². The molecule has 7 nitrogen and oxygen atoms in total. The van der Waals surface area contributed by atoms with Crippen molar-refractivity contribution >= 4 is 10.4 Å². The molecule has 10 heavy (non-hydrogen) atoms. The molecule has 1 aromatic heterocycles. The van der Waals surface area contributed by atoms with Crippen LogP contribution in [0.4, 0.5) is 0 Å². The van der Waals surface area contributed by atoms with Gasteiger partial charge in [-0.15, -0.1) is 0 Å². The Balaban J connectivity index is 0.000000162. The second-order valence-electron chi connectivity index (χ2n) is 1.10. The van der Waals surface area contributed by atoms with Crippen LogP contribution in [-0.4, -0.2) is 32.7 Å². The summed E-state index contributed by atoms with van der Waals surface area (Å²) >= 11 is 0. The maximum Gasteiger partial charge on any atom is 0.394 e. The minimum Gasteiger partial charge on any atom is -0.266 e. The quantitative estimate of drug-likeness (QED) is 0.433. The van der Waals surface area contributed by atoms with Crippen molar-refractivity contribution in [3.8, 4) is 0 Å². The van der Waals surface area contributed by atoms with Gasteiger partial charge >= 0.3 is 10.4 Å². The fourth-order valence-corrected chi connectivity index (χ4v) is 0.167. The summed E-state index contributed by atoms with van der Waals surface area (Å²) in [7, 11) is -4.67. The van der Waals surface area contributed by atoms with Gasteiger partial charge in [-0.05, 0) is 0 Å². The number of nitrogens with zero attached hydrogens (tertiary/aromatic N) is 2. The third kappa shape index (κ3) is 15.7. The maximum atomic E-state index is 8.74. The van der Waals surface area contributed by atoms with E-state index in [4.69, 9.17) is 17.5 Å². The molecule has 8 heteroatoms. The van der Waals surface area contributed by atoms with Gasteiger partial charge in [0.1, 0.15) is 12.7 Å². The molecule has 0 saturated carbocycles. The standard InChI is InChI=1S/C2H3N3.H2O4S/c1-3-2-5-4-1;1-5(2,3)4/h1-2H,(H,3,4,5);(H2,1,2,3,4). The van der Waals surface area contributed by atoms with E-state index in [0.717, 1.165) is 0 Å². The normalized spacial score (nSPS) is 9.80. The molecule has 0 aromatic carbocycles. The molecule has 0 bridgehead atoms. The summed E-state index contributed by atoms with van der Waals surface area (Å²) in [6, 6.07) is 0. The number of aromatic nitrogens is 3. The molecule has 0 radical (unpaired) electrons. The lowest BCUT2D eigenvalue weighted by Crippen LogP contribution is -1.89. The molecular weight excluding hydrogens is 162 g/mol. The first-order valence-electron chi connectivity index (χ1n) is 1.99. The van der Waals surface area contributed by atoms with E-state index < -0.39 is 10.4 Å². The minimum absolute atomic E-state index is 1.44. The van der Waals surface area contributed by atoms with E-state index >= 15 is 0 Å². The van der Waals surface area contributed by atoms with Crippen LogP contribution in [0.3, 0.4) is 0 Å². The molecule has 0 fully saturated rings. The number of rotatable bonds is 0. The van der Waals surface area contributed by atoms with Gasteiger partial charge in [0.2, 0.25) is 0 Å². The first-order valence-corrected chi connectivity index (χ1v) is 3.38. The van der Waals surface area contributed by atoms with Gasteiger partial charge in [0.05, 0.1) is 0 Å². The third-order valence-electron chi connectivity index (χ3n) is 0.331. The van der Waals surface area contributed by atoms with Gasteiger partial charge in [-0.1, -0.05) is 0 Å². The molecule has 58 valence electrons. The van der Waals surface area contributed by atoms with Crippen LogP contribution in [0.5, 0.6) is 0 Å². The average molecular weight is 167 g/mol. The molecule has 1 rings (SSSR count). The summed E-state index contributed by atoms with van der Waals surface area (Å²) in [5.41, 5.74) is 0. The average Bonchev–Trinajstić information content (AvgIpc) is 2.07. The lowest BCUT2D eigenvalue weighted by atomic mass is 11.3. The van der Waals surface area contributed by atoms with Crippen LogP contribution in [-0.2, 0) is 10.4 Å². The lowest BCUT2D eigenvalue weighted by molar-refractivity contribution is 0.381. The van der Waals surface area contributed by atoms with E-state index in [1.807, 2.05) is 0 Å². The molecule has 1 heterocycles. The Labute approximate surface area is 56.7 Å². The first-order chi connectivity index (χ1) is 4.50. The van der Waals surface area contributed by atoms with Gasteiger partial charge in [-0.3, -0.25) is 14.2 Å². The SMILES string of the molecule is O=S(=O)(O)O.c1nc[nH]n1. The fraction of sp³-hybridized carbons (Fsp3) is 0. The summed E-state index contributed by atoms with van der Waals surface area (Å²) < 4.78 is 31.6. The van der Waals surface area contributed by atoms with Crippen molar-refractivity contribution in [3.05, 3.63) is 12.7 Å². The minimum atomic E-state index is -4.67. The number of nitrogens with one attached hydrogen (secondary N) is 1. The van der Waals surface area contributed by atoms with Crippen LogP contribution >= 0.6 is 0 Å². The van der Waals surface area contributed by atoms with Gasteiger partial charge in [0, 0.05) is 0 Å². The Bertz CT molecular complexity index is 214. The lowest BCUT2D eigenvalue weighted by Gasteiger charge is -1.68. The molecule has 0 amide bonds. The highest BCUT2D eigenvalue weighted by atomic mass is 32.3. The third-order valence-corrected chi connectivity index (χ3v) is 0.331. The summed E-state index contributed by atoms with van der Waals surface area (Å²) in [4.78, 5) is 3.56. The highest BCUT2D eigenvalue weighted by Gasteiger charge is 1.84. The summed E-state index contributed by atoms with van der Waals surface area (Å²) in [5.74, 6) is 0. The van der Waals surface area contributed by atoms with Gasteiger partial charge in [0.25, 0.3) is 0 Å². The summed E-state index contributed by atoms with van der Waals surface area (Å²) in [5, 5.41) is 5.99. The predicted molar refractivity (Wildman–Crippen MR) is 30.6 cm³/mol. The van der Waals surface area contributed by atoms with E-state index in [9.17, 15) is 0 Å². The van der Waals surface area contributed by atoms with E-state index in [0.29, 0.717) is 0 Å². The highest BCUT2D eigenvalue weighted by Crippen LogP contribution is 1.59. The fourth-order valence-electron chi connectivity index (χ4n) is 0.167. The van der Waals surface area contributed by atoms with Crippen LogP contribution in [0, 0.1) is 0 Å². The molecule has 3 N–H and O–H groups in total. The summed E-state index contributed by atoms with van der Waals surface area (Å²) in [6.45, 7) is 0. The van der Waals surface area contributed by atoms with E-state index in [2.05, 4.69) is 15.2 Å². The molecule has 0 aliphatic rings. The van der Waals surface area contributed by atoms with Gasteiger partial charge in [-0.2, -0.15) is 13.5 Å². The Hall–Kier alpha value is -0.990. The van der Waals surface area contributed by atoms with Crippen molar-refractivity contribution in [1.29, 1.82) is 0 Å². The molecule has 0 aliphatic heterocycles. The van der Waals surface area contributed by atoms with Gasteiger partial charge in [0.15, 0.2) is 0 Å². The number of H-pyrrole nitrogens is 1. The van der Waals surface area contributed by atoms with Crippen LogP contribution in [0.2, 0.25) is 0 Å². The molecule has 0 aliphatic carbocycles. The van der Waals surface area contributed by atoms with Crippen molar-refractivity contribution in [2.75, 3.05) is 0 Å². The molecule has 0 atom stereocenters. The van der Waals surface area contributed by atoms with E-state index in [-0.39, 0.29) is 0 Å². The molecule has 0 unspecified atom stereocenters. The van der Waals surface area contributed by atoms with Crippen molar-refractivity contribution in [2.45, 2.75) is 0 Å². The monoisotopic (exact) mass is 167 g/mol. The number of hydrogen-bond donors (Lipinski definition) is 3. The van der Waals surface area contributed by atoms with Crippen molar-refractivity contribution in [2.24, 2.45) is 0 Å². The molecule has 0 spiro atoms. The van der Waals surface area contributed by atoms with Crippen LogP contribution in [0.1, 0.15) is 0 Å². The molecule has 1 aromatic rings. The summed E-state index contributed by atoms with van der Waals surface area (Å²) in [6.07, 6.45) is 2.96. The zero-order chi connectivity index (χ0) is 8.04. The topological polar surface area (TPSA) is 116 Å². The second kappa shape index (κ2) is 3.93. The number of aromatic amines is 1. The predicted octanol–water partition coefficient (Wildman–Crippen LogP) is -0.848. The van der Waals surface area contributed by atoms with E-state index in [1.54, 1.807) is 0 Å². The Morgan fingerprint density at radius 2 is 1.90 bits per heavy atom. The Kier molecular flexibility index (Phi) is 3.54. The van der Waals surface area contributed by atoms with Crippen molar-refractivity contribution in [3.63, 3.8) is 0 Å². The van der Waals surface area contributed by atoms with Gasteiger partial charge in [-0.25, -0.2) is 4.98 Å². The maximum absolute atomic E-state index is 8.74. The zero-order valence-electron chi connectivity index (χ0n) is 4.67. The Morgan fingerprint density at radius 1 is 1.40 bits per heavy atom. The van der Waals surface area contributed by atoms with Crippen LogP contribution in [0.15, 0.2) is 12.7 Å². The largest absolute Gasteiger partial charge is 0.394 e. The molecule has 0 saturated heterocycles. The van der Waals surface area contributed by atoms with Crippen LogP contribution < -0.4 is 0 Å². The highest BCUT2D eigenvalue weighted by molar-refractivity contribution is 7.79. The first kappa shape index (κ1) is 9.01. The van der Waals surface area contributed by atoms with Crippen molar-refractivity contribution < 1.29 is 17.5 Å². The van der Waals surface area contributed by atoms with Gasteiger partial charge < -0.3 is 0 Å². The second-order valence-corrected chi connectivity index (χ2v) is 2.00. The molecular formula is C2H5N3O4S. The van der Waals surface area contributed by atoms with E-state index in [1.165, 1.54) is 12.7 Å². The smallest absolute Gasteiger partial charge is 0.266 e. The Morgan fingerprint density at radius 3 is 2.00 bits per heavy atom. The number of hydrogen-bond acceptors (Lipinski definition) is 4. The van der Waals surface area contributed by atoms with Crippen molar-refractivity contribution in [1.82, 2.24) is 15.2 Å².